The van der Waals surface area contributed by atoms with Crippen molar-refractivity contribution in [2.75, 3.05) is 13.7 Å². The van der Waals surface area contributed by atoms with E-state index in [0.717, 1.165) is 18.6 Å². The Morgan fingerprint density at radius 1 is 1.38 bits per heavy atom. The maximum atomic E-state index is 11.7. The summed E-state index contributed by atoms with van der Waals surface area (Å²) in [6.45, 7) is 0.458. The van der Waals surface area contributed by atoms with Crippen LogP contribution in [0, 0.1) is 0 Å². The zero-order chi connectivity index (χ0) is 11.4. The van der Waals surface area contributed by atoms with E-state index in [1.807, 2.05) is 42.3 Å². The van der Waals surface area contributed by atoms with Crippen LogP contribution in [0.5, 0.6) is 5.75 Å². The standard InChI is InChI=1S/C13H17NO2/c1-14(11-7-8-11)13(15)9-10-16-12-5-3-2-4-6-12/h2-6,11H,7-10H2,1H3. The van der Waals surface area contributed by atoms with Crippen LogP contribution >= 0.6 is 0 Å². The van der Waals surface area contributed by atoms with Gasteiger partial charge < -0.3 is 9.64 Å². The summed E-state index contributed by atoms with van der Waals surface area (Å²) in [7, 11) is 1.88. The highest BCUT2D eigenvalue weighted by Gasteiger charge is 2.29. The minimum absolute atomic E-state index is 0.179. The highest BCUT2D eigenvalue weighted by atomic mass is 16.5. The van der Waals surface area contributed by atoms with E-state index in [0.29, 0.717) is 19.1 Å². The van der Waals surface area contributed by atoms with Crippen LogP contribution < -0.4 is 4.74 Å². The first-order chi connectivity index (χ1) is 7.77. The molecule has 1 aromatic rings. The molecule has 0 aromatic heterocycles. The monoisotopic (exact) mass is 219 g/mol. The number of rotatable bonds is 5. The van der Waals surface area contributed by atoms with Gasteiger partial charge in [-0.1, -0.05) is 18.2 Å². The fourth-order valence-corrected chi connectivity index (χ4v) is 1.61. The van der Waals surface area contributed by atoms with Crippen LogP contribution in [0.1, 0.15) is 19.3 Å². The molecule has 0 radical (unpaired) electrons. The van der Waals surface area contributed by atoms with E-state index >= 15 is 0 Å². The number of carbonyl (C=O) groups is 1. The molecular weight excluding hydrogens is 202 g/mol. The van der Waals surface area contributed by atoms with E-state index in [1.54, 1.807) is 0 Å². The lowest BCUT2D eigenvalue weighted by molar-refractivity contribution is -0.130. The summed E-state index contributed by atoms with van der Waals surface area (Å²) >= 11 is 0. The summed E-state index contributed by atoms with van der Waals surface area (Å²) in [5.74, 6) is 1.00. The Morgan fingerprint density at radius 3 is 2.69 bits per heavy atom. The number of para-hydroxylation sites is 1. The lowest BCUT2D eigenvalue weighted by Crippen LogP contribution is -2.29. The predicted octanol–water partition coefficient (Wildman–Crippen LogP) is 2.08. The van der Waals surface area contributed by atoms with Gasteiger partial charge in [0.2, 0.25) is 5.91 Å². The molecule has 1 saturated carbocycles. The number of hydrogen-bond acceptors (Lipinski definition) is 2. The maximum absolute atomic E-state index is 11.7. The first-order valence-electron chi connectivity index (χ1n) is 5.71. The van der Waals surface area contributed by atoms with E-state index in [9.17, 15) is 4.79 Å². The van der Waals surface area contributed by atoms with E-state index in [1.165, 1.54) is 0 Å². The number of amides is 1. The largest absolute Gasteiger partial charge is 0.493 e. The quantitative estimate of drug-likeness (QED) is 0.758. The van der Waals surface area contributed by atoms with Gasteiger partial charge in [-0.05, 0) is 25.0 Å². The Kier molecular flexibility index (Phi) is 3.44. The van der Waals surface area contributed by atoms with Crippen LogP contribution in [0.3, 0.4) is 0 Å². The van der Waals surface area contributed by atoms with Gasteiger partial charge in [0.05, 0.1) is 13.0 Å². The Balaban J connectivity index is 1.69. The molecule has 3 heteroatoms. The third kappa shape index (κ3) is 2.99. The average molecular weight is 219 g/mol. The molecule has 1 aliphatic carbocycles. The number of nitrogens with zero attached hydrogens (tertiary/aromatic N) is 1. The molecule has 1 fully saturated rings. The van der Waals surface area contributed by atoms with Crippen LogP contribution in [-0.4, -0.2) is 30.5 Å². The van der Waals surface area contributed by atoms with Crippen LogP contribution in [0.25, 0.3) is 0 Å². The van der Waals surface area contributed by atoms with Gasteiger partial charge in [-0.3, -0.25) is 4.79 Å². The van der Waals surface area contributed by atoms with E-state index in [-0.39, 0.29) is 5.91 Å². The van der Waals surface area contributed by atoms with Crippen LogP contribution in [0.15, 0.2) is 30.3 Å². The zero-order valence-corrected chi connectivity index (χ0v) is 9.56. The van der Waals surface area contributed by atoms with E-state index in [4.69, 9.17) is 4.74 Å². The van der Waals surface area contributed by atoms with Gasteiger partial charge >= 0.3 is 0 Å². The topological polar surface area (TPSA) is 29.5 Å². The number of benzene rings is 1. The highest BCUT2D eigenvalue weighted by molar-refractivity contribution is 5.76. The normalized spacial score (nSPS) is 14.6. The predicted molar refractivity (Wildman–Crippen MR) is 62.3 cm³/mol. The van der Waals surface area contributed by atoms with Crippen LogP contribution in [0.4, 0.5) is 0 Å². The molecule has 0 spiro atoms. The second-order valence-corrected chi connectivity index (χ2v) is 4.15. The van der Waals surface area contributed by atoms with Crippen molar-refractivity contribution in [1.82, 2.24) is 4.90 Å². The Bertz CT molecular complexity index is 346. The molecule has 1 amide bonds. The van der Waals surface area contributed by atoms with Gasteiger partial charge in [0.15, 0.2) is 0 Å². The smallest absolute Gasteiger partial charge is 0.225 e. The molecule has 86 valence electrons. The molecule has 0 N–H and O–H groups in total. The lowest BCUT2D eigenvalue weighted by atomic mass is 10.3. The summed E-state index contributed by atoms with van der Waals surface area (Å²) in [4.78, 5) is 13.5. The molecule has 1 aromatic carbocycles. The summed E-state index contributed by atoms with van der Waals surface area (Å²) in [5, 5.41) is 0. The fraction of sp³-hybridized carbons (Fsp3) is 0.462. The Labute approximate surface area is 96.0 Å². The van der Waals surface area contributed by atoms with Crippen molar-refractivity contribution in [2.45, 2.75) is 25.3 Å². The van der Waals surface area contributed by atoms with Crippen molar-refractivity contribution >= 4 is 5.91 Å². The Morgan fingerprint density at radius 2 is 2.06 bits per heavy atom. The van der Waals surface area contributed by atoms with Gasteiger partial charge in [-0.15, -0.1) is 0 Å². The first kappa shape index (κ1) is 11.0. The van der Waals surface area contributed by atoms with Crippen LogP contribution in [0.2, 0.25) is 0 Å². The first-order valence-corrected chi connectivity index (χ1v) is 5.71. The van der Waals surface area contributed by atoms with Crippen molar-refractivity contribution in [1.29, 1.82) is 0 Å². The molecule has 0 unspecified atom stereocenters. The second kappa shape index (κ2) is 5.01. The molecule has 3 nitrogen and oxygen atoms in total. The van der Waals surface area contributed by atoms with Gasteiger partial charge in [0.25, 0.3) is 0 Å². The number of carbonyl (C=O) groups excluding carboxylic acids is 1. The maximum Gasteiger partial charge on any atom is 0.225 e. The third-order valence-electron chi connectivity index (χ3n) is 2.82. The second-order valence-electron chi connectivity index (χ2n) is 4.15. The van der Waals surface area contributed by atoms with Crippen molar-refractivity contribution in [3.63, 3.8) is 0 Å². The minimum Gasteiger partial charge on any atom is -0.493 e. The SMILES string of the molecule is CN(C(=O)CCOc1ccccc1)C1CC1. The van der Waals surface area contributed by atoms with Crippen molar-refractivity contribution < 1.29 is 9.53 Å². The van der Waals surface area contributed by atoms with Crippen molar-refractivity contribution in [3.05, 3.63) is 30.3 Å². The van der Waals surface area contributed by atoms with Gasteiger partial charge in [-0.25, -0.2) is 0 Å². The molecule has 0 heterocycles. The van der Waals surface area contributed by atoms with Crippen LogP contribution in [-0.2, 0) is 4.79 Å². The van der Waals surface area contributed by atoms with Gasteiger partial charge in [-0.2, -0.15) is 0 Å². The van der Waals surface area contributed by atoms with Gasteiger partial charge in [0.1, 0.15) is 5.75 Å². The molecule has 0 atom stereocenters. The molecule has 0 aliphatic heterocycles. The molecular formula is C13H17NO2. The third-order valence-corrected chi connectivity index (χ3v) is 2.82. The fourth-order valence-electron chi connectivity index (χ4n) is 1.61. The van der Waals surface area contributed by atoms with Crippen molar-refractivity contribution in [3.8, 4) is 5.75 Å². The molecule has 1 aliphatic rings. The number of hydrogen-bond donors (Lipinski definition) is 0. The zero-order valence-electron chi connectivity index (χ0n) is 9.56. The highest BCUT2D eigenvalue weighted by Crippen LogP contribution is 2.25. The Hall–Kier alpha value is -1.51. The average Bonchev–Trinajstić information content (AvgIpc) is 3.13. The summed E-state index contributed by atoms with van der Waals surface area (Å²) in [6.07, 6.45) is 2.77. The molecule has 2 rings (SSSR count). The van der Waals surface area contributed by atoms with Gasteiger partial charge in [0, 0.05) is 13.1 Å². The molecule has 0 bridgehead atoms. The summed E-state index contributed by atoms with van der Waals surface area (Å²) in [6, 6.07) is 10.1. The minimum atomic E-state index is 0.179. The molecule has 0 saturated heterocycles. The van der Waals surface area contributed by atoms with E-state index < -0.39 is 0 Å². The molecule has 16 heavy (non-hydrogen) atoms. The summed E-state index contributed by atoms with van der Waals surface area (Å²) in [5.41, 5.74) is 0. The number of ether oxygens (including phenoxy) is 1. The summed E-state index contributed by atoms with van der Waals surface area (Å²) < 4.78 is 5.48. The van der Waals surface area contributed by atoms with E-state index in [2.05, 4.69) is 0 Å². The van der Waals surface area contributed by atoms with Crippen molar-refractivity contribution in [2.24, 2.45) is 0 Å². The lowest BCUT2D eigenvalue weighted by Gasteiger charge is -2.16.